The summed E-state index contributed by atoms with van der Waals surface area (Å²) in [5.41, 5.74) is 0. The van der Waals surface area contributed by atoms with Gasteiger partial charge in [-0.05, 0) is 57.8 Å². The first-order valence-corrected chi connectivity index (χ1v) is 23.9. The zero-order valence-corrected chi connectivity index (χ0v) is 37.6. The van der Waals surface area contributed by atoms with Crippen LogP contribution in [-0.4, -0.2) is 98.3 Å². The Morgan fingerprint density at radius 3 is 1.59 bits per heavy atom. The van der Waals surface area contributed by atoms with E-state index in [-0.39, 0.29) is 6.42 Å². The molecule has 0 amide bonds. The molecule has 0 heterocycles. The lowest BCUT2D eigenvalue weighted by molar-refractivity contribution is -0.220. The van der Waals surface area contributed by atoms with Gasteiger partial charge in [-0.25, -0.2) is 9.36 Å². The van der Waals surface area contributed by atoms with Gasteiger partial charge in [-0.3, -0.25) is 13.8 Å². The molecule has 8 atom stereocenters. The molecular formula is C47H77O13P. The van der Waals surface area contributed by atoms with Crippen molar-refractivity contribution in [3.8, 4) is 0 Å². The highest BCUT2D eigenvalue weighted by atomic mass is 31.2. The first-order valence-electron chi connectivity index (χ1n) is 22.4. The number of rotatable bonds is 35. The molecule has 0 radical (unpaired) electrons. The summed E-state index contributed by atoms with van der Waals surface area (Å²) < 4.78 is 33.2. The minimum Gasteiger partial charge on any atom is -0.458 e. The zero-order valence-electron chi connectivity index (χ0n) is 36.7. The first kappa shape index (κ1) is 56.0. The van der Waals surface area contributed by atoms with Gasteiger partial charge in [0, 0.05) is 12.5 Å². The van der Waals surface area contributed by atoms with Crippen LogP contribution in [0.4, 0.5) is 0 Å². The normalized spacial score (nSPS) is 22.8. The van der Waals surface area contributed by atoms with Crippen LogP contribution in [0.5, 0.6) is 0 Å². The van der Waals surface area contributed by atoms with Crippen molar-refractivity contribution in [3.63, 3.8) is 0 Å². The monoisotopic (exact) mass is 881 g/mol. The number of carbonyl (C=O) groups excluding carboxylic acids is 2. The quantitative estimate of drug-likeness (QED) is 0.00882. The van der Waals surface area contributed by atoms with E-state index >= 15 is 0 Å². The van der Waals surface area contributed by atoms with Crippen LogP contribution < -0.4 is 0 Å². The van der Waals surface area contributed by atoms with Gasteiger partial charge in [0.05, 0.1) is 6.61 Å². The lowest BCUT2D eigenvalue weighted by Gasteiger charge is -2.41. The number of phosphoric ester groups is 1. The van der Waals surface area contributed by atoms with Gasteiger partial charge >= 0.3 is 19.8 Å². The second kappa shape index (κ2) is 36.5. The highest BCUT2D eigenvalue weighted by Gasteiger charge is 2.51. The highest BCUT2D eigenvalue weighted by Crippen LogP contribution is 2.47. The largest absolute Gasteiger partial charge is 0.472 e. The fourth-order valence-corrected chi connectivity index (χ4v) is 7.21. The molecule has 1 aliphatic rings. The lowest BCUT2D eigenvalue weighted by Crippen LogP contribution is -2.64. The Kier molecular flexibility index (Phi) is 33.5. The minimum absolute atomic E-state index is 0.00553. The number of hydrogen-bond acceptors (Lipinski definition) is 12. The van der Waals surface area contributed by atoms with Gasteiger partial charge in [-0.2, -0.15) is 0 Å². The van der Waals surface area contributed by atoms with Crippen molar-refractivity contribution in [2.24, 2.45) is 0 Å². The van der Waals surface area contributed by atoms with Gasteiger partial charge in [0.1, 0.15) is 43.2 Å². The number of unbranched alkanes of at least 4 members (excludes halogenated alkanes) is 12. The van der Waals surface area contributed by atoms with Crippen molar-refractivity contribution in [3.05, 3.63) is 85.1 Å². The third-order valence-corrected chi connectivity index (χ3v) is 10.8. The van der Waals surface area contributed by atoms with E-state index in [1.54, 1.807) is 6.08 Å². The molecule has 6 unspecified atom stereocenters. The Bertz CT molecular complexity index is 1390. The Balaban J connectivity index is 2.58. The van der Waals surface area contributed by atoms with Gasteiger partial charge in [0.15, 0.2) is 6.10 Å². The van der Waals surface area contributed by atoms with Gasteiger partial charge in [-0.1, -0.05) is 157 Å². The molecule has 1 saturated carbocycles. The number of phosphoric acid groups is 1. The highest BCUT2D eigenvalue weighted by molar-refractivity contribution is 7.47. The molecule has 61 heavy (non-hydrogen) atoms. The molecule has 1 aliphatic carbocycles. The van der Waals surface area contributed by atoms with Gasteiger partial charge in [0.2, 0.25) is 0 Å². The summed E-state index contributed by atoms with van der Waals surface area (Å²) in [5, 5.41) is 50.1. The van der Waals surface area contributed by atoms with E-state index in [0.717, 1.165) is 51.4 Å². The molecule has 0 aromatic heterocycles. The van der Waals surface area contributed by atoms with Crippen molar-refractivity contribution in [2.45, 2.75) is 185 Å². The average molecular weight is 881 g/mol. The van der Waals surface area contributed by atoms with Crippen LogP contribution in [0.2, 0.25) is 0 Å². The Hall–Kier alpha value is -2.97. The van der Waals surface area contributed by atoms with E-state index in [0.29, 0.717) is 12.8 Å². The molecule has 0 saturated heterocycles. The standard InChI is InChI=1S/C47H77O13P/c1-3-5-7-9-11-13-15-17-19-20-22-24-26-28-30-32-34-36-41(49)59-39(38-58-61(55,56)60-47-45(53)43(51)42(50)44(52)46(47)54)37-57-40(48)35-33-31-29-27-25-23-21-18-16-14-12-10-8-6-4-2/h5,7,11,13,17,19,22,24,28-31,33,35,39,42-47,50-54H,3-4,6,8-10,12,14-16,18,20-21,23,25-27,32,34,36-38H2,1-2H3,(H,55,56)/b7-5+,13-11+,19-17+,24-22+,30-28+,31-29+,35-33+/t39-,42?,43+,44?,45?,46?,47?/m1/s1. The van der Waals surface area contributed by atoms with Crippen molar-refractivity contribution in [1.29, 1.82) is 0 Å². The molecule has 1 fully saturated rings. The second-order valence-corrected chi connectivity index (χ2v) is 16.6. The van der Waals surface area contributed by atoms with E-state index < -0.39 is 75.7 Å². The third kappa shape index (κ3) is 29.1. The van der Waals surface area contributed by atoms with Crippen LogP contribution in [0.25, 0.3) is 0 Å². The van der Waals surface area contributed by atoms with Crippen LogP contribution >= 0.6 is 7.82 Å². The van der Waals surface area contributed by atoms with Crippen molar-refractivity contribution >= 4 is 19.8 Å². The topological polar surface area (TPSA) is 210 Å². The Morgan fingerprint density at radius 1 is 0.574 bits per heavy atom. The van der Waals surface area contributed by atoms with Crippen LogP contribution in [0, 0.1) is 0 Å². The predicted octanol–water partition coefficient (Wildman–Crippen LogP) is 8.50. The number of aliphatic hydroxyl groups excluding tert-OH is 5. The summed E-state index contributed by atoms with van der Waals surface area (Å²) in [6.07, 6.45) is 34.2. The zero-order chi connectivity index (χ0) is 45.0. The van der Waals surface area contributed by atoms with Crippen LogP contribution in [-0.2, 0) is 32.7 Å². The SMILES string of the molecule is CC/C=C/C/C=C/C/C=C/C/C=C/C/C=C/CCCC(=O)O[C@H](COC(=O)/C=C/C=C/CCCCCCCCCCCCC)COP(=O)(O)OC1C(O)C(O)C(O)[C@H](O)C1O. The molecule has 0 bridgehead atoms. The van der Waals surface area contributed by atoms with Crippen LogP contribution in [0.15, 0.2) is 85.1 Å². The van der Waals surface area contributed by atoms with Gasteiger partial charge in [0.25, 0.3) is 0 Å². The Morgan fingerprint density at radius 2 is 1.05 bits per heavy atom. The fraction of sp³-hybridized carbons (Fsp3) is 0.660. The van der Waals surface area contributed by atoms with Crippen LogP contribution in [0.3, 0.4) is 0 Å². The smallest absolute Gasteiger partial charge is 0.458 e. The minimum atomic E-state index is -5.16. The molecular weight excluding hydrogens is 803 g/mol. The maximum atomic E-state index is 12.8. The molecule has 13 nitrogen and oxygen atoms in total. The third-order valence-electron chi connectivity index (χ3n) is 9.82. The summed E-state index contributed by atoms with van der Waals surface area (Å²) >= 11 is 0. The van der Waals surface area contributed by atoms with E-state index in [1.165, 1.54) is 69.9 Å². The number of allylic oxidation sites excluding steroid dienone is 13. The maximum absolute atomic E-state index is 12.8. The lowest BCUT2D eigenvalue weighted by atomic mass is 9.85. The van der Waals surface area contributed by atoms with E-state index in [2.05, 4.69) is 62.5 Å². The molecule has 0 spiro atoms. The molecule has 1 rings (SSSR count). The number of hydrogen-bond donors (Lipinski definition) is 6. The van der Waals surface area contributed by atoms with E-state index in [1.807, 2.05) is 18.2 Å². The van der Waals surface area contributed by atoms with Crippen molar-refractivity contribution in [1.82, 2.24) is 0 Å². The first-order chi connectivity index (χ1) is 29.4. The molecule has 6 N–H and O–H groups in total. The molecule has 0 aliphatic heterocycles. The second-order valence-electron chi connectivity index (χ2n) is 15.2. The summed E-state index contributed by atoms with van der Waals surface area (Å²) in [5.74, 6) is -1.43. The molecule has 14 heteroatoms. The average Bonchev–Trinajstić information content (AvgIpc) is 3.24. The van der Waals surface area contributed by atoms with Gasteiger partial charge < -0.3 is 39.9 Å². The van der Waals surface area contributed by atoms with Crippen LogP contribution in [0.1, 0.15) is 142 Å². The number of ether oxygens (including phenoxy) is 2. The van der Waals surface area contributed by atoms with Gasteiger partial charge in [-0.15, -0.1) is 0 Å². The fourth-order valence-electron chi connectivity index (χ4n) is 6.24. The maximum Gasteiger partial charge on any atom is 0.472 e. The molecule has 348 valence electrons. The summed E-state index contributed by atoms with van der Waals surface area (Å²) in [4.78, 5) is 35.5. The van der Waals surface area contributed by atoms with E-state index in [9.17, 15) is 44.6 Å². The number of aliphatic hydroxyl groups is 5. The summed E-state index contributed by atoms with van der Waals surface area (Å²) in [7, 11) is -5.16. The van der Waals surface area contributed by atoms with Crippen molar-refractivity contribution < 1.29 is 63.1 Å². The Labute approximate surface area is 365 Å². The van der Waals surface area contributed by atoms with Crippen molar-refractivity contribution in [2.75, 3.05) is 13.2 Å². The summed E-state index contributed by atoms with van der Waals surface area (Å²) in [6, 6.07) is 0. The predicted molar refractivity (Wildman–Crippen MR) is 239 cm³/mol. The van der Waals surface area contributed by atoms with E-state index in [4.69, 9.17) is 18.5 Å². The summed E-state index contributed by atoms with van der Waals surface area (Å²) in [6.45, 7) is 3.01. The molecule has 0 aromatic rings. The number of esters is 2. The number of carbonyl (C=O) groups is 2. The molecule has 0 aromatic carbocycles.